The molecular weight excluding hydrogens is 359 g/mol. The van der Waals surface area contributed by atoms with Gasteiger partial charge in [0.05, 0.1) is 10.2 Å². The Labute approximate surface area is 142 Å². The van der Waals surface area contributed by atoms with E-state index in [0.717, 1.165) is 47.4 Å². The van der Waals surface area contributed by atoms with E-state index in [4.69, 9.17) is 0 Å². The van der Waals surface area contributed by atoms with Gasteiger partial charge in [0.15, 0.2) is 5.65 Å². The summed E-state index contributed by atoms with van der Waals surface area (Å²) in [5.41, 5.74) is 4.13. The zero-order valence-electron chi connectivity index (χ0n) is 13.1. The van der Waals surface area contributed by atoms with Crippen LogP contribution in [0.4, 0.5) is 4.39 Å². The van der Waals surface area contributed by atoms with E-state index in [-0.39, 0.29) is 5.82 Å². The van der Waals surface area contributed by atoms with Crippen molar-refractivity contribution in [1.82, 2.24) is 20.1 Å². The summed E-state index contributed by atoms with van der Waals surface area (Å²) in [6.45, 7) is 3.56. The molecule has 0 saturated carbocycles. The first-order valence-electron chi connectivity index (χ1n) is 7.47. The van der Waals surface area contributed by atoms with Crippen molar-refractivity contribution in [3.63, 3.8) is 0 Å². The van der Waals surface area contributed by atoms with E-state index in [1.54, 1.807) is 4.68 Å². The lowest BCUT2D eigenvalue weighted by Crippen LogP contribution is -2.16. The molecule has 0 aliphatic rings. The van der Waals surface area contributed by atoms with E-state index in [2.05, 4.69) is 37.4 Å². The molecule has 0 unspecified atom stereocenters. The number of benzene rings is 1. The highest BCUT2D eigenvalue weighted by molar-refractivity contribution is 9.10. The molecule has 2 aromatic heterocycles. The molecular formula is C17H18BrFN4. The average molecular weight is 377 g/mol. The fraction of sp³-hybridized carbons (Fsp3) is 0.294. The van der Waals surface area contributed by atoms with Crippen LogP contribution in [0, 0.1) is 12.7 Å². The van der Waals surface area contributed by atoms with Gasteiger partial charge >= 0.3 is 0 Å². The molecule has 0 aliphatic heterocycles. The van der Waals surface area contributed by atoms with Crippen molar-refractivity contribution in [2.75, 3.05) is 6.54 Å². The fourth-order valence-corrected chi connectivity index (χ4v) is 3.03. The fourth-order valence-electron chi connectivity index (χ4n) is 2.61. The van der Waals surface area contributed by atoms with Crippen LogP contribution in [0.2, 0.25) is 0 Å². The first-order valence-corrected chi connectivity index (χ1v) is 8.27. The molecule has 0 radical (unpaired) electrons. The first kappa shape index (κ1) is 16.1. The van der Waals surface area contributed by atoms with Crippen LogP contribution in [0.1, 0.15) is 16.8 Å². The van der Waals surface area contributed by atoms with Gasteiger partial charge < -0.3 is 5.32 Å². The smallest absolute Gasteiger partial charge is 0.157 e. The summed E-state index contributed by atoms with van der Waals surface area (Å²) in [6.07, 6.45) is 2.73. The highest BCUT2D eigenvalue weighted by Crippen LogP contribution is 2.18. The molecule has 0 aliphatic carbocycles. The minimum atomic E-state index is -0.229. The predicted octanol–water partition coefficient (Wildman–Crippen LogP) is 3.51. The zero-order chi connectivity index (χ0) is 16.4. The molecule has 0 fully saturated rings. The molecule has 3 aromatic rings. The highest BCUT2D eigenvalue weighted by Gasteiger charge is 2.07. The van der Waals surface area contributed by atoms with Gasteiger partial charge in [-0.2, -0.15) is 5.10 Å². The average Bonchev–Trinajstić information content (AvgIpc) is 2.82. The van der Waals surface area contributed by atoms with Crippen molar-refractivity contribution in [3.05, 3.63) is 57.6 Å². The molecule has 3 rings (SSSR count). The van der Waals surface area contributed by atoms with Crippen LogP contribution < -0.4 is 5.32 Å². The molecule has 120 valence electrons. The molecule has 2 heterocycles. The van der Waals surface area contributed by atoms with Gasteiger partial charge in [0.1, 0.15) is 5.82 Å². The number of halogens is 2. The first-order chi connectivity index (χ1) is 11.0. The molecule has 0 bridgehead atoms. The summed E-state index contributed by atoms with van der Waals surface area (Å²) in [4.78, 5) is 4.47. The van der Waals surface area contributed by atoms with Gasteiger partial charge in [-0.15, -0.1) is 0 Å². The molecule has 1 aromatic carbocycles. The quantitative estimate of drug-likeness (QED) is 0.692. The number of pyridine rings is 1. The monoisotopic (exact) mass is 376 g/mol. The summed E-state index contributed by atoms with van der Waals surface area (Å²) < 4.78 is 15.5. The van der Waals surface area contributed by atoms with Crippen molar-refractivity contribution in [2.24, 2.45) is 7.05 Å². The Morgan fingerprint density at radius 1 is 1.26 bits per heavy atom. The lowest BCUT2D eigenvalue weighted by Gasteiger charge is -2.06. The zero-order valence-corrected chi connectivity index (χ0v) is 14.7. The number of aryl methyl sites for hydroxylation is 2. The van der Waals surface area contributed by atoms with Gasteiger partial charge in [-0.1, -0.05) is 6.07 Å². The number of hydrogen-bond acceptors (Lipinski definition) is 3. The van der Waals surface area contributed by atoms with Crippen molar-refractivity contribution in [1.29, 1.82) is 0 Å². The summed E-state index contributed by atoms with van der Waals surface area (Å²) in [5, 5.41) is 8.87. The van der Waals surface area contributed by atoms with Crippen molar-refractivity contribution < 1.29 is 4.39 Å². The minimum absolute atomic E-state index is 0.229. The van der Waals surface area contributed by atoms with E-state index in [9.17, 15) is 4.39 Å². The standard InChI is InChI=1S/C17H18BrFN4/c1-11-14-7-13(10-21-17(14)23(2)22-11)9-20-6-5-12-3-4-16(19)15(18)8-12/h3-4,7-8,10,20H,5-6,9H2,1-2H3. The predicted molar refractivity (Wildman–Crippen MR) is 92.8 cm³/mol. The second-order valence-corrected chi connectivity index (χ2v) is 6.45. The lowest BCUT2D eigenvalue weighted by atomic mass is 10.1. The van der Waals surface area contributed by atoms with Gasteiger partial charge in [-0.05, 0) is 65.1 Å². The maximum Gasteiger partial charge on any atom is 0.157 e. The Morgan fingerprint density at radius 3 is 2.87 bits per heavy atom. The van der Waals surface area contributed by atoms with Crippen LogP contribution >= 0.6 is 15.9 Å². The third kappa shape index (κ3) is 3.59. The lowest BCUT2D eigenvalue weighted by molar-refractivity contribution is 0.619. The van der Waals surface area contributed by atoms with Crippen LogP contribution in [-0.2, 0) is 20.0 Å². The van der Waals surface area contributed by atoms with E-state index < -0.39 is 0 Å². The Balaban J connectivity index is 1.58. The summed E-state index contributed by atoms with van der Waals surface area (Å²) >= 11 is 3.21. The Kier molecular flexibility index (Phi) is 4.73. The number of hydrogen-bond donors (Lipinski definition) is 1. The molecule has 0 saturated heterocycles. The molecule has 0 atom stereocenters. The second kappa shape index (κ2) is 6.76. The van der Waals surface area contributed by atoms with Crippen LogP contribution in [0.5, 0.6) is 0 Å². The molecule has 6 heteroatoms. The Bertz CT molecular complexity index is 844. The summed E-state index contributed by atoms with van der Waals surface area (Å²) in [7, 11) is 1.90. The highest BCUT2D eigenvalue weighted by atomic mass is 79.9. The van der Waals surface area contributed by atoms with Crippen LogP contribution in [0.15, 0.2) is 34.9 Å². The normalized spacial score (nSPS) is 11.3. The SMILES string of the molecule is Cc1nn(C)c2ncc(CNCCc3ccc(F)c(Br)c3)cc12. The largest absolute Gasteiger partial charge is 0.312 e. The topological polar surface area (TPSA) is 42.7 Å². The summed E-state index contributed by atoms with van der Waals surface area (Å²) in [5.74, 6) is -0.229. The van der Waals surface area contributed by atoms with E-state index >= 15 is 0 Å². The number of aromatic nitrogens is 3. The number of rotatable bonds is 5. The van der Waals surface area contributed by atoms with Gasteiger partial charge in [-0.3, -0.25) is 4.68 Å². The Morgan fingerprint density at radius 2 is 2.09 bits per heavy atom. The maximum atomic E-state index is 13.2. The molecule has 1 N–H and O–H groups in total. The van der Waals surface area contributed by atoms with E-state index in [1.165, 1.54) is 6.07 Å². The summed E-state index contributed by atoms with van der Waals surface area (Å²) in [6, 6.07) is 7.26. The minimum Gasteiger partial charge on any atom is -0.312 e. The molecule has 4 nitrogen and oxygen atoms in total. The van der Waals surface area contributed by atoms with Gasteiger partial charge in [0.25, 0.3) is 0 Å². The number of fused-ring (bicyclic) bond motifs is 1. The van der Waals surface area contributed by atoms with Gasteiger partial charge in [0, 0.05) is 25.2 Å². The number of nitrogens with one attached hydrogen (secondary N) is 1. The molecule has 0 spiro atoms. The van der Waals surface area contributed by atoms with Crippen molar-refractivity contribution in [2.45, 2.75) is 19.9 Å². The van der Waals surface area contributed by atoms with Crippen LogP contribution in [0.3, 0.4) is 0 Å². The molecule has 23 heavy (non-hydrogen) atoms. The van der Waals surface area contributed by atoms with Gasteiger partial charge in [-0.25, -0.2) is 9.37 Å². The third-order valence-corrected chi connectivity index (χ3v) is 4.43. The maximum absolute atomic E-state index is 13.2. The van der Waals surface area contributed by atoms with Crippen LogP contribution in [0.25, 0.3) is 11.0 Å². The Hall–Kier alpha value is -1.79. The van der Waals surface area contributed by atoms with E-state index in [0.29, 0.717) is 4.47 Å². The van der Waals surface area contributed by atoms with E-state index in [1.807, 2.05) is 32.3 Å². The molecule has 0 amide bonds. The van der Waals surface area contributed by atoms with Crippen molar-refractivity contribution in [3.8, 4) is 0 Å². The van der Waals surface area contributed by atoms with Crippen molar-refractivity contribution >= 4 is 27.0 Å². The second-order valence-electron chi connectivity index (χ2n) is 5.60. The van der Waals surface area contributed by atoms with Crippen LogP contribution in [-0.4, -0.2) is 21.3 Å². The third-order valence-electron chi connectivity index (χ3n) is 3.82. The van der Waals surface area contributed by atoms with Gasteiger partial charge in [0.2, 0.25) is 0 Å². The number of nitrogens with zero attached hydrogens (tertiary/aromatic N) is 3.